The minimum absolute atomic E-state index is 0.140. The highest BCUT2D eigenvalue weighted by Gasteiger charge is 2.36. The van der Waals surface area contributed by atoms with E-state index in [9.17, 15) is 9.59 Å². The van der Waals surface area contributed by atoms with E-state index in [2.05, 4.69) is 5.32 Å². The van der Waals surface area contributed by atoms with Gasteiger partial charge in [0.05, 0.1) is 17.8 Å². The molecule has 0 saturated carbocycles. The number of likely N-dealkylation sites (N-methyl/N-ethyl adjacent to an activating group) is 1. The third kappa shape index (κ3) is 2.19. The molecule has 5 nitrogen and oxygen atoms in total. The van der Waals surface area contributed by atoms with Gasteiger partial charge in [0.15, 0.2) is 0 Å². The highest BCUT2D eigenvalue weighted by molar-refractivity contribution is 6.31. The molecule has 90 valence electrons. The fourth-order valence-corrected chi connectivity index (χ4v) is 1.88. The number of rotatable bonds is 2. The Bertz CT molecular complexity index is 490. The molecule has 2 rings (SSSR count). The molecular formula is C11H12ClN3O2. The number of imide groups is 1. The van der Waals surface area contributed by atoms with Crippen LogP contribution in [0.3, 0.4) is 0 Å². The Morgan fingerprint density at radius 3 is 2.76 bits per heavy atom. The smallest absolute Gasteiger partial charge is 0.251 e. The zero-order valence-electron chi connectivity index (χ0n) is 9.24. The number of carbonyl (C=O) groups is 2. The van der Waals surface area contributed by atoms with Gasteiger partial charge in [0.1, 0.15) is 6.04 Å². The Hall–Kier alpha value is -1.75. The van der Waals surface area contributed by atoms with E-state index < -0.39 is 6.04 Å². The van der Waals surface area contributed by atoms with Gasteiger partial charge in [-0.1, -0.05) is 11.6 Å². The second-order valence-corrected chi connectivity index (χ2v) is 4.36. The van der Waals surface area contributed by atoms with Crippen molar-refractivity contribution in [3.8, 4) is 0 Å². The van der Waals surface area contributed by atoms with E-state index in [0.717, 1.165) is 4.90 Å². The second kappa shape index (κ2) is 4.25. The molecule has 1 aromatic rings. The zero-order valence-corrected chi connectivity index (χ0v) is 9.99. The number of carbonyl (C=O) groups excluding carboxylic acids is 2. The molecule has 1 aromatic carbocycles. The molecule has 17 heavy (non-hydrogen) atoms. The molecule has 1 heterocycles. The maximum absolute atomic E-state index is 11.7. The van der Waals surface area contributed by atoms with Crippen molar-refractivity contribution in [1.82, 2.24) is 4.90 Å². The van der Waals surface area contributed by atoms with E-state index in [4.69, 9.17) is 17.3 Å². The van der Waals surface area contributed by atoms with Gasteiger partial charge in [-0.2, -0.15) is 0 Å². The first-order valence-electron chi connectivity index (χ1n) is 5.11. The number of amides is 2. The quantitative estimate of drug-likeness (QED) is 0.611. The number of likely N-dealkylation sites (tertiary alicyclic amines) is 1. The van der Waals surface area contributed by atoms with Crippen molar-refractivity contribution < 1.29 is 9.59 Å². The number of anilines is 2. The Balaban J connectivity index is 2.19. The van der Waals surface area contributed by atoms with Crippen molar-refractivity contribution in [2.75, 3.05) is 18.1 Å². The molecule has 1 aliphatic heterocycles. The first-order chi connectivity index (χ1) is 7.99. The minimum Gasteiger partial charge on any atom is -0.397 e. The molecule has 0 aliphatic carbocycles. The summed E-state index contributed by atoms with van der Waals surface area (Å²) >= 11 is 5.84. The lowest BCUT2D eigenvalue weighted by Gasteiger charge is -2.14. The average Bonchev–Trinajstić information content (AvgIpc) is 2.52. The molecule has 1 unspecified atom stereocenters. The predicted octanol–water partition coefficient (Wildman–Crippen LogP) is 1.09. The van der Waals surface area contributed by atoms with Crippen LogP contribution in [-0.4, -0.2) is 29.8 Å². The lowest BCUT2D eigenvalue weighted by atomic mass is 10.2. The van der Waals surface area contributed by atoms with Gasteiger partial charge >= 0.3 is 0 Å². The van der Waals surface area contributed by atoms with E-state index in [1.807, 2.05) is 0 Å². The molecule has 0 bridgehead atoms. The van der Waals surface area contributed by atoms with Crippen LogP contribution in [0.1, 0.15) is 6.42 Å². The summed E-state index contributed by atoms with van der Waals surface area (Å²) in [6.07, 6.45) is 0.140. The first kappa shape index (κ1) is 11.7. The van der Waals surface area contributed by atoms with Crippen LogP contribution in [0.2, 0.25) is 5.02 Å². The molecule has 1 atom stereocenters. The van der Waals surface area contributed by atoms with Gasteiger partial charge in [0.2, 0.25) is 5.91 Å². The molecule has 6 heteroatoms. The summed E-state index contributed by atoms with van der Waals surface area (Å²) in [6.45, 7) is 0. The summed E-state index contributed by atoms with van der Waals surface area (Å²) in [5.74, 6) is -0.456. The summed E-state index contributed by atoms with van der Waals surface area (Å²) in [7, 11) is 1.47. The molecule has 0 aromatic heterocycles. The Morgan fingerprint density at radius 1 is 1.47 bits per heavy atom. The fourth-order valence-electron chi connectivity index (χ4n) is 1.71. The number of nitrogens with one attached hydrogen (secondary N) is 1. The number of hydrogen-bond donors (Lipinski definition) is 2. The monoisotopic (exact) mass is 253 g/mol. The summed E-state index contributed by atoms with van der Waals surface area (Å²) in [5, 5.41) is 3.46. The van der Waals surface area contributed by atoms with Crippen LogP contribution in [-0.2, 0) is 9.59 Å². The van der Waals surface area contributed by atoms with E-state index in [-0.39, 0.29) is 18.2 Å². The van der Waals surface area contributed by atoms with Crippen molar-refractivity contribution in [3.05, 3.63) is 23.2 Å². The van der Waals surface area contributed by atoms with Gasteiger partial charge in [-0.15, -0.1) is 0 Å². The lowest BCUT2D eigenvalue weighted by molar-refractivity contribution is -0.136. The minimum atomic E-state index is -0.562. The normalized spacial score (nSPS) is 19.9. The third-order valence-corrected chi connectivity index (χ3v) is 2.96. The van der Waals surface area contributed by atoms with Crippen molar-refractivity contribution in [3.63, 3.8) is 0 Å². The highest BCUT2D eigenvalue weighted by Crippen LogP contribution is 2.25. The van der Waals surface area contributed by atoms with E-state index in [1.165, 1.54) is 7.05 Å². The second-order valence-electron chi connectivity index (χ2n) is 3.92. The van der Waals surface area contributed by atoms with Gasteiger partial charge < -0.3 is 11.1 Å². The molecule has 1 saturated heterocycles. The van der Waals surface area contributed by atoms with Gasteiger partial charge in [-0.25, -0.2) is 0 Å². The Kier molecular flexibility index (Phi) is 2.93. The molecular weight excluding hydrogens is 242 g/mol. The lowest BCUT2D eigenvalue weighted by Crippen LogP contribution is -2.31. The van der Waals surface area contributed by atoms with Crippen LogP contribution in [0.25, 0.3) is 0 Å². The van der Waals surface area contributed by atoms with Crippen LogP contribution in [0, 0.1) is 0 Å². The van der Waals surface area contributed by atoms with Crippen molar-refractivity contribution in [2.24, 2.45) is 0 Å². The van der Waals surface area contributed by atoms with E-state index in [0.29, 0.717) is 16.4 Å². The summed E-state index contributed by atoms with van der Waals surface area (Å²) < 4.78 is 0. The molecule has 3 N–H and O–H groups in total. The number of nitrogen functional groups attached to an aromatic ring is 1. The molecule has 0 spiro atoms. The molecule has 0 radical (unpaired) electrons. The van der Waals surface area contributed by atoms with Crippen molar-refractivity contribution in [1.29, 1.82) is 0 Å². The number of hydrogen-bond acceptors (Lipinski definition) is 4. The number of nitrogens with zero attached hydrogens (tertiary/aromatic N) is 1. The summed E-state index contributed by atoms with van der Waals surface area (Å²) in [5.41, 5.74) is 6.81. The zero-order chi connectivity index (χ0) is 12.6. The topological polar surface area (TPSA) is 75.4 Å². The SMILES string of the molecule is CN1C(=O)CC(Nc2cc(Cl)ccc2N)C1=O. The Labute approximate surface area is 104 Å². The van der Waals surface area contributed by atoms with Gasteiger partial charge in [0, 0.05) is 12.1 Å². The number of nitrogens with two attached hydrogens (primary N) is 1. The molecule has 1 aliphatic rings. The fraction of sp³-hybridized carbons (Fsp3) is 0.273. The summed E-state index contributed by atoms with van der Waals surface area (Å²) in [6, 6.07) is 4.38. The van der Waals surface area contributed by atoms with Crippen LogP contribution in [0.15, 0.2) is 18.2 Å². The van der Waals surface area contributed by atoms with Gasteiger partial charge in [-0.3, -0.25) is 14.5 Å². The van der Waals surface area contributed by atoms with Crippen LogP contribution in [0.5, 0.6) is 0 Å². The summed E-state index contributed by atoms with van der Waals surface area (Å²) in [4.78, 5) is 24.1. The molecule has 1 fully saturated rings. The third-order valence-electron chi connectivity index (χ3n) is 2.73. The van der Waals surface area contributed by atoms with Crippen molar-refractivity contribution >= 4 is 34.8 Å². The van der Waals surface area contributed by atoms with Gasteiger partial charge in [-0.05, 0) is 18.2 Å². The average molecular weight is 254 g/mol. The first-order valence-corrected chi connectivity index (χ1v) is 5.49. The van der Waals surface area contributed by atoms with E-state index >= 15 is 0 Å². The van der Waals surface area contributed by atoms with Crippen LogP contribution in [0.4, 0.5) is 11.4 Å². The highest BCUT2D eigenvalue weighted by atomic mass is 35.5. The number of halogens is 1. The Morgan fingerprint density at radius 2 is 2.18 bits per heavy atom. The van der Waals surface area contributed by atoms with Gasteiger partial charge in [0.25, 0.3) is 5.91 Å². The molecule has 2 amide bonds. The van der Waals surface area contributed by atoms with Crippen LogP contribution < -0.4 is 11.1 Å². The maximum Gasteiger partial charge on any atom is 0.251 e. The van der Waals surface area contributed by atoms with Crippen LogP contribution >= 0.6 is 11.6 Å². The van der Waals surface area contributed by atoms with E-state index in [1.54, 1.807) is 18.2 Å². The predicted molar refractivity (Wildman–Crippen MR) is 65.7 cm³/mol. The largest absolute Gasteiger partial charge is 0.397 e. The standard InChI is InChI=1S/C11H12ClN3O2/c1-15-10(16)5-9(11(15)17)14-8-4-6(12)2-3-7(8)13/h2-4,9,14H,5,13H2,1H3. The number of benzene rings is 1. The van der Waals surface area contributed by atoms with Crippen molar-refractivity contribution in [2.45, 2.75) is 12.5 Å². The maximum atomic E-state index is 11.7.